The van der Waals surface area contributed by atoms with Gasteiger partial charge in [0.15, 0.2) is 5.78 Å². The van der Waals surface area contributed by atoms with Crippen molar-refractivity contribution in [3.8, 4) is 11.3 Å². The molecule has 1 aliphatic rings. The smallest absolute Gasteiger partial charge is 0.164 e. The van der Waals surface area contributed by atoms with E-state index in [9.17, 15) is 9.90 Å². The molecule has 2 unspecified atom stereocenters. The fraction of sp³-hybridized carbons (Fsp3) is 0.500. The first kappa shape index (κ1) is 43.2. The van der Waals surface area contributed by atoms with Crippen molar-refractivity contribution in [3.05, 3.63) is 77.8 Å². The number of thiophene rings is 1. The zero-order chi connectivity index (χ0) is 38.2. The van der Waals surface area contributed by atoms with E-state index in [4.69, 9.17) is 9.97 Å². The van der Waals surface area contributed by atoms with Gasteiger partial charge in [0.1, 0.15) is 12.1 Å². The molecule has 1 radical (unpaired) electrons. The number of benzene rings is 3. The third-order valence-corrected chi connectivity index (χ3v) is 14.5. The molecule has 1 N–H and O–H groups in total. The van der Waals surface area contributed by atoms with Gasteiger partial charge >= 0.3 is 0 Å². The van der Waals surface area contributed by atoms with Gasteiger partial charge in [-0.15, -0.1) is 52.2 Å². The summed E-state index contributed by atoms with van der Waals surface area (Å²) in [4.78, 5) is 23.3. The molecule has 1 aliphatic heterocycles. The van der Waals surface area contributed by atoms with Gasteiger partial charge in [-0.2, -0.15) is 0 Å². The van der Waals surface area contributed by atoms with Crippen molar-refractivity contribution in [1.29, 1.82) is 0 Å². The van der Waals surface area contributed by atoms with E-state index in [1.54, 1.807) is 6.33 Å². The minimum absolute atomic E-state index is 0. The fourth-order valence-electron chi connectivity index (χ4n) is 7.24. The number of carbonyl (C=O) groups excluding carboxylic acids is 1. The second-order valence-electron chi connectivity index (χ2n) is 16.7. The Morgan fingerprint density at radius 3 is 2.19 bits per heavy atom. The number of aliphatic hydroxyl groups is 1. The van der Waals surface area contributed by atoms with Crippen LogP contribution in [0.25, 0.3) is 42.3 Å². The summed E-state index contributed by atoms with van der Waals surface area (Å²) in [5.74, 6) is 1.51. The van der Waals surface area contributed by atoms with Crippen LogP contribution in [-0.4, -0.2) is 26.1 Å². The first-order valence-corrected chi connectivity index (χ1v) is 21.0. The molecule has 2 atom stereocenters. The normalized spacial score (nSPS) is 16.5. The van der Waals surface area contributed by atoms with Crippen LogP contribution in [0.2, 0.25) is 0 Å². The minimum Gasteiger partial charge on any atom is -0.512 e. The number of hydrogen-bond donors (Lipinski definition) is 1. The quantitative estimate of drug-likeness (QED) is 0.0859. The fourth-order valence-corrected chi connectivity index (χ4v) is 10.1. The SMILES string of the molecule is CC(C)CC1Sc2ccc3sc4c(-c5[c-]c6ccccc6c(C(C)(C)C)c5)ncnc4c3c2C1C.CCC(C)(CC)C(=O)/C=C(\O)C(C)(CC)CC.[Ir]. The first-order chi connectivity index (χ1) is 24.5. The van der Waals surface area contributed by atoms with Crippen LogP contribution in [0.4, 0.5) is 0 Å². The molecule has 5 aromatic rings. The molecule has 0 aliphatic carbocycles. The largest absolute Gasteiger partial charge is 0.512 e. The zero-order valence-corrected chi connectivity index (χ0v) is 37.9. The molecule has 53 heavy (non-hydrogen) atoms. The van der Waals surface area contributed by atoms with E-state index in [2.05, 4.69) is 102 Å². The summed E-state index contributed by atoms with van der Waals surface area (Å²) in [7, 11) is 0. The molecule has 3 aromatic carbocycles. The molecule has 287 valence electrons. The van der Waals surface area contributed by atoms with Crippen molar-refractivity contribution in [2.24, 2.45) is 16.7 Å². The molecule has 4 nitrogen and oxygen atoms in total. The molecule has 0 saturated carbocycles. The number of carbonyl (C=O) groups is 1. The first-order valence-electron chi connectivity index (χ1n) is 19.3. The van der Waals surface area contributed by atoms with Gasteiger partial charge in [0, 0.05) is 67.6 Å². The van der Waals surface area contributed by atoms with E-state index in [0.29, 0.717) is 17.1 Å². The Bertz CT molecular complexity index is 2100. The van der Waals surface area contributed by atoms with E-state index in [0.717, 1.165) is 47.8 Å². The molecule has 6 rings (SSSR count). The van der Waals surface area contributed by atoms with Crippen LogP contribution < -0.4 is 0 Å². The van der Waals surface area contributed by atoms with Crippen molar-refractivity contribution >= 4 is 60.0 Å². The number of allylic oxidation sites excluding steroid dienone is 2. The third-order valence-electron chi connectivity index (χ3n) is 11.9. The van der Waals surface area contributed by atoms with Crippen LogP contribution in [0.3, 0.4) is 0 Å². The molecule has 3 heterocycles. The predicted molar refractivity (Wildman–Crippen MR) is 226 cm³/mol. The van der Waals surface area contributed by atoms with Gasteiger partial charge in [-0.1, -0.05) is 112 Å². The van der Waals surface area contributed by atoms with Crippen molar-refractivity contribution < 1.29 is 30.0 Å². The Labute approximate surface area is 340 Å². The maximum Gasteiger partial charge on any atom is 0.164 e. The summed E-state index contributed by atoms with van der Waals surface area (Å²) in [5.41, 5.74) is 5.40. The second-order valence-corrected chi connectivity index (χ2v) is 19.1. The Morgan fingerprint density at radius 2 is 1.58 bits per heavy atom. The Morgan fingerprint density at radius 1 is 0.943 bits per heavy atom. The van der Waals surface area contributed by atoms with Crippen molar-refractivity contribution in [2.45, 2.75) is 137 Å². The maximum atomic E-state index is 12.2. The number of thioether (sulfide) groups is 1. The van der Waals surface area contributed by atoms with Crippen LogP contribution in [0, 0.1) is 22.8 Å². The molecule has 0 bridgehead atoms. The number of fused-ring (bicyclic) bond motifs is 6. The summed E-state index contributed by atoms with van der Waals surface area (Å²) >= 11 is 3.89. The molecule has 0 amide bonds. The topological polar surface area (TPSA) is 63.1 Å². The van der Waals surface area contributed by atoms with Crippen LogP contribution in [0.1, 0.15) is 132 Å². The average molecular weight is 928 g/mol. The number of aliphatic hydroxyl groups excluding tert-OH is 1. The van der Waals surface area contributed by atoms with Gasteiger partial charge in [-0.25, -0.2) is 4.98 Å². The number of nitrogens with zero attached hydrogens (tertiary/aromatic N) is 2. The molecule has 7 heteroatoms. The Balaban J connectivity index is 0.000000299. The van der Waals surface area contributed by atoms with Crippen molar-refractivity contribution in [1.82, 2.24) is 9.97 Å². The summed E-state index contributed by atoms with van der Waals surface area (Å²) in [5, 5.41) is 14.5. The molecular formula is C46H59IrN2O2S2-. The number of hydrogen-bond acceptors (Lipinski definition) is 6. The van der Waals surface area contributed by atoms with Gasteiger partial charge < -0.3 is 5.11 Å². The molecule has 0 spiro atoms. The Hall–Kier alpha value is -2.57. The second kappa shape index (κ2) is 17.1. The van der Waals surface area contributed by atoms with E-state index in [-0.39, 0.29) is 47.9 Å². The maximum absolute atomic E-state index is 12.2. The summed E-state index contributed by atoms with van der Waals surface area (Å²) in [6.07, 6.45) is 7.75. The molecule has 0 fully saturated rings. The molecular weight excluding hydrogens is 869 g/mol. The molecule has 2 aromatic heterocycles. The van der Waals surface area contributed by atoms with Gasteiger partial charge in [0.05, 0.1) is 5.52 Å². The van der Waals surface area contributed by atoms with Crippen LogP contribution in [0.15, 0.2) is 65.5 Å². The average Bonchev–Trinajstić information content (AvgIpc) is 3.66. The van der Waals surface area contributed by atoms with E-state index >= 15 is 0 Å². The number of ketones is 1. The summed E-state index contributed by atoms with van der Waals surface area (Å²) in [6, 6.07) is 19.2. The standard InChI is InChI=1S/C31H31N2S2.C15H28O2.Ir/c1-17(2)13-25-18(3)26-23(34-25)11-12-24-27(26)29-30(35-24)28(32-16-33-29)20-14-19-9-7-8-10-21(19)22(15-20)31(4,5)6;1-7-14(5,8-2)12(16)11-13(17)15(6,9-3)10-4;/h7-12,15-18,25H,13H2,1-6H3;11,16H,7-10H2,1-6H3;/q-1;;/b;12-11-;. The molecule has 0 saturated heterocycles. The summed E-state index contributed by atoms with van der Waals surface area (Å²) < 4.78 is 2.49. The predicted octanol–water partition coefficient (Wildman–Crippen LogP) is 14.0. The summed E-state index contributed by atoms with van der Waals surface area (Å²) in [6.45, 7) is 26.0. The van der Waals surface area contributed by atoms with Gasteiger partial charge in [-0.05, 0) is 67.1 Å². The van der Waals surface area contributed by atoms with Gasteiger partial charge in [0.2, 0.25) is 0 Å². The third kappa shape index (κ3) is 8.64. The minimum atomic E-state index is -0.337. The van der Waals surface area contributed by atoms with Crippen LogP contribution in [0.5, 0.6) is 0 Å². The van der Waals surface area contributed by atoms with E-state index in [1.807, 2.05) is 52.9 Å². The van der Waals surface area contributed by atoms with Crippen molar-refractivity contribution in [3.63, 3.8) is 0 Å². The van der Waals surface area contributed by atoms with Gasteiger partial charge in [-0.3, -0.25) is 9.78 Å². The van der Waals surface area contributed by atoms with Crippen LogP contribution >= 0.6 is 23.1 Å². The van der Waals surface area contributed by atoms with E-state index < -0.39 is 0 Å². The van der Waals surface area contributed by atoms with Crippen molar-refractivity contribution in [2.75, 3.05) is 0 Å². The zero-order valence-electron chi connectivity index (χ0n) is 33.9. The van der Waals surface area contributed by atoms with Gasteiger partial charge in [0.25, 0.3) is 0 Å². The number of aromatic nitrogens is 2. The van der Waals surface area contributed by atoms with E-state index in [1.165, 1.54) is 48.7 Å². The number of rotatable bonds is 10. The Kier molecular flexibility index (Phi) is 13.9. The monoisotopic (exact) mass is 928 g/mol. The van der Waals surface area contributed by atoms with Crippen LogP contribution in [-0.2, 0) is 30.3 Å².